The van der Waals surface area contributed by atoms with Crippen molar-refractivity contribution in [1.29, 1.82) is 0 Å². The molecule has 1 aromatic heterocycles. The van der Waals surface area contributed by atoms with Crippen molar-refractivity contribution in [2.45, 2.75) is 26.3 Å². The molecule has 2 rings (SSSR count). The molecule has 100 valence electrons. The normalized spacial score (nSPS) is 16.5. The fourth-order valence-corrected chi connectivity index (χ4v) is 1.88. The molecule has 1 aromatic rings. The first-order valence-electron chi connectivity index (χ1n) is 6.67. The number of imidazole rings is 1. The lowest BCUT2D eigenvalue weighted by Gasteiger charge is -2.13. The zero-order valence-corrected chi connectivity index (χ0v) is 10.9. The number of aromatic nitrogens is 2. The molecule has 2 N–H and O–H groups in total. The second-order valence-corrected chi connectivity index (χ2v) is 5.24. The van der Waals surface area contributed by atoms with Crippen molar-refractivity contribution in [1.82, 2.24) is 20.2 Å². The third kappa shape index (κ3) is 4.87. The van der Waals surface area contributed by atoms with Crippen LogP contribution in [0.25, 0.3) is 0 Å². The first-order valence-corrected chi connectivity index (χ1v) is 6.67. The molecule has 1 aliphatic carbocycles. The summed E-state index contributed by atoms with van der Waals surface area (Å²) in [7, 11) is 0. The van der Waals surface area contributed by atoms with Gasteiger partial charge in [0.2, 0.25) is 5.91 Å². The second-order valence-electron chi connectivity index (χ2n) is 5.24. The van der Waals surface area contributed by atoms with Gasteiger partial charge in [0.05, 0.1) is 12.9 Å². The maximum Gasteiger partial charge on any atom is 0.233 e. The summed E-state index contributed by atoms with van der Waals surface area (Å²) in [5.74, 6) is 1.32. The average molecular weight is 250 g/mol. The molecule has 1 fully saturated rings. The molecule has 0 spiro atoms. The van der Waals surface area contributed by atoms with E-state index in [4.69, 9.17) is 0 Å². The molecule has 18 heavy (non-hydrogen) atoms. The molecule has 0 aliphatic heterocycles. The highest BCUT2D eigenvalue weighted by Gasteiger charge is 2.20. The standard InChI is InChI=1S/C13H22N4O/c1-11(9-17-5-4-14-10-17)6-16-13(18)8-15-7-12-2-3-12/h4-5,10-12,15H,2-3,6-9H2,1H3,(H,16,18). The predicted octanol–water partition coefficient (Wildman–Crippen LogP) is 0.635. The van der Waals surface area contributed by atoms with E-state index in [1.165, 1.54) is 12.8 Å². The van der Waals surface area contributed by atoms with E-state index in [0.29, 0.717) is 19.0 Å². The number of nitrogens with one attached hydrogen (secondary N) is 2. The highest BCUT2D eigenvalue weighted by molar-refractivity contribution is 5.77. The Balaban J connectivity index is 1.53. The van der Waals surface area contributed by atoms with Crippen LogP contribution < -0.4 is 10.6 Å². The van der Waals surface area contributed by atoms with Crippen molar-refractivity contribution in [3.05, 3.63) is 18.7 Å². The van der Waals surface area contributed by atoms with Crippen molar-refractivity contribution in [3.63, 3.8) is 0 Å². The maximum atomic E-state index is 11.6. The van der Waals surface area contributed by atoms with Gasteiger partial charge in [-0.3, -0.25) is 4.79 Å². The third-order valence-electron chi connectivity index (χ3n) is 3.14. The maximum absolute atomic E-state index is 11.6. The third-order valence-corrected chi connectivity index (χ3v) is 3.14. The molecule has 0 radical (unpaired) electrons. The predicted molar refractivity (Wildman–Crippen MR) is 70.0 cm³/mol. The lowest BCUT2D eigenvalue weighted by Crippen LogP contribution is -2.37. The van der Waals surface area contributed by atoms with Crippen LogP contribution in [0, 0.1) is 11.8 Å². The van der Waals surface area contributed by atoms with Gasteiger partial charge in [0.15, 0.2) is 0 Å². The van der Waals surface area contributed by atoms with E-state index in [1.54, 1.807) is 12.5 Å². The number of carbonyl (C=O) groups is 1. The molecule has 5 nitrogen and oxygen atoms in total. The number of hydrogen-bond donors (Lipinski definition) is 2. The minimum absolute atomic E-state index is 0.0909. The summed E-state index contributed by atoms with van der Waals surface area (Å²) >= 11 is 0. The van der Waals surface area contributed by atoms with Gasteiger partial charge in [0.25, 0.3) is 0 Å². The number of rotatable bonds is 8. The summed E-state index contributed by atoms with van der Waals surface area (Å²) < 4.78 is 2.03. The summed E-state index contributed by atoms with van der Waals surface area (Å²) in [6, 6.07) is 0. The van der Waals surface area contributed by atoms with Crippen molar-refractivity contribution in [3.8, 4) is 0 Å². The van der Waals surface area contributed by atoms with Gasteiger partial charge < -0.3 is 15.2 Å². The summed E-state index contributed by atoms with van der Waals surface area (Å²) in [5, 5.41) is 6.14. The van der Waals surface area contributed by atoms with Gasteiger partial charge in [-0.15, -0.1) is 0 Å². The fourth-order valence-electron chi connectivity index (χ4n) is 1.88. The molecule has 1 unspecified atom stereocenters. The summed E-state index contributed by atoms with van der Waals surface area (Å²) in [6.07, 6.45) is 8.14. The van der Waals surface area contributed by atoms with Crippen LogP contribution in [-0.4, -0.2) is 35.1 Å². The van der Waals surface area contributed by atoms with E-state index >= 15 is 0 Å². The highest BCUT2D eigenvalue weighted by Crippen LogP contribution is 2.27. The van der Waals surface area contributed by atoms with E-state index < -0.39 is 0 Å². The molecule has 1 atom stereocenters. The minimum atomic E-state index is 0.0909. The summed E-state index contributed by atoms with van der Waals surface area (Å²) in [6.45, 7) is 5.14. The van der Waals surface area contributed by atoms with E-state index in [0.717, 1.165) is 19.0 Å². The topological polar surface area (TPSA) is 59.0 Å². The van der Waals surface area contributed by atoms with E-state index in [1.807, 2.05) is 10.8 Å². The first-order chi connectivity index (χ1) is 8.74. The summed E-state index contributed by atoms with van der Waals surface area (Å²) in [4.78, 5) is 15.6. The van der Waals surface area contributed by atoms with Gasteiger partial charge in [-0.2, -0.15) is 0 Å². The largest absolute Gasteiger partial charge is 0.355 e. The average Bonchev–Trinajstić information content (AvgIpc) is 3.03. The van der Waals surface area contributed by atoms with Crippen LogP contribution in [0.3, 0.4) is 0 Å². The Morgan fingerprint density at radius 2 is 2.39 bits per heavy atom. The Hall–Kier alpha value is -1.36. The van der Waals surface area contributed by atoms with E-state index in [9.17, 15) is 4.79 Å². The number of carbonyl (C=O) groups excluding carboxylic acids is 1. The highest BCUT2D eigenvalue weighted by atomic mass is 16.1. The van der Waals surface area contributed by atoms with E-state index in [2.05, 4.69) is 22.5 Å². The Labute approximate surface area is 108 Å². The molecule has 0 aromatic carbocycles. The number of hydrogen-bond acceptors (Lipinski definition) is 3. The SMILES string of the molecule is CC(CNC(=O)CNCC1CC1)Cn1ccnc1. The van der Waals surface area contributed by atoms with Crippen LogP contribution in [0.2, 0.25) is 0 Å². The van der Waals surface area contributed by atoms with Gasteiger partial charge in [-0.1, -0.05) is 6.92 Å². The molecule has 0 bridgehead atoms. The van der Waals surface area contributed by atoms with Crippen LogP contribution in [-0.2, 0) is 11.3 Å². The Bertz CT molecular complexity index is 359. The van der Waals surface area contributed by atoms with Crippen molar-refractivity contribution < 1.29 is 4.79 Å². The molecular formula is C13H22N4O. The van der Waals surface area contributed by atoms with Gasteiger partial charge in [0.1, 0.15) is 0 Å². The lowest BCUT2D eigenvalue weighted by atomic mass is 10.2. The number of amides is 1. The van der Waals surface area contributed by atoms with Crippen molar-refractivity contribution in [2.75, 3.05) is 19.6 Å². The zero-order chi connectivity index (χ0) is 12.8. The van der Waals surface area contributed by atoms with Crippen LogP contribution in [0.5, 0.6) is 0 Å². The molecule has 5 heteroatoms. The fraction of sp³-hybridized carbons (Fsp3) is 0.692. The first kappa shape index (κ1) is 13.1. The number of nitrogens with zero attached hydrogens (tertiary/aromatic N) is 2. The monoisotopic (exact) mass is 250 g/mol. The quantitative estimate of drug-likeness (QED) is 0.711. The van der Waals surface area contributed by atoms with Gasteiger partial charge in [-0.25, -0.2) is 4.98 Å². The van der Waals surface area contributed by atoms with Crippen LogP contribution in [0.4, 0.5) is 0 Å². The minimum Gasteiger partial charge on any atom is -0.355 e. The summed E-state index contributed by atoms with van der Waals surface area (Å²) in [5.41, 5.74) is 0. The molecule has 0 saturated heterocycles. The van der Waals surface area contributed by atoms with Gasteiger partial charge >= 0.3 is 0 Å². The van der Waals surface area contributed by atoms with Crippen LogP contribution in [0.15, 0.2) is 18.7 Å². The molecule has 1 saturated carbocycles. The molecular weight excluding hydrogens is 228 g/mol. The van der Waals surface area contributed by atoms with Crippen LogP contribution >= 0.6 is 0 Å². The Kier molecular flexibility index (Phi) is 4.75. The van der Waals surface area contributed by atoms with Gasteiger partial charge in [0, 0.05) is 25.5 Å². The van der Waals surface area contributed by atoms with Crippen molar-refractivity contribution in [2.24, 2.45) is 11.8 Å². The Morgan fingerprint density at radius 1 is 1.56 bits per heavy atom. The second kappa shape index (κ2) is 6.54. The smallest absolute Gasteiger partial charge is 0.233 e. The van der Waals surface area contributed by atoms with Gasteiger partial charge in [-0.05, 0) is 31.2 Å². The van der Waals surface area contributed by atoms with Crippen LogP contribution in [0.1, 0.15) is 19.8 Å². The van der Waals surface area contributed by atoms with E-state index in [-0.39, 0.29) is 5.91 Å². The molecule has 1 heterocycles. The Morgan fingerprint density at radius 3 is 3.06 bits per heavy atom. The van der Waals surface area contributed by atoms with Crippen molar-refractivity contribution >= 4 is 5.91 Å². The lowest BCUT2D eigenvalue weighted by molar-refractivity contribution is -0.120. The molecule has 1 amide bonds. The zero-order valence-electron chi connectivity index (χ0n) is 10.9. The molecule has 1 aliphatic rings.